The molecule has 1 aromatic carbocycles. The van der Waals surface area contributed by atoms with Crippen LogP contribution in [0, 0.1) is 5.92 Å². The number of carbonyl (C=O) groups is 1. The highest BCUT2D eigenvalue weighted by atomic mass is 16.4. The van der Waals surface area contributed by atoms with E-state index in [1.54, 1.807) is 0 Å². The minimum Gasteiger partial charge on any atom is -0.480 e. The molecule has 1 aliphatic rings. The van der Waals surface area contributed by atoms with E-state index in [-0.39, 0.29) is 0 Å². The molecule has 2 atom stereocenters. The number of nitrogens with zero attached hydrogens (tertiary/aromatic N) is 1. The third-order valence-corrected chi connectivity index (χ3v) is 4.21. The van der Waals surface area contributed by atoms with Crippen molar-refractivity contribution in [2.24, 2.45) is 5.92 Å². The van der Waals surface area contributed by atoms with Gasteiger partial charge in [0.1, 0.15) is 5.54 Å². The van der Waals surface area contributed by atoms with E-state index in [4.69, 9.17) is 0 Å². The molecule has 1 saturated heterocycles. The minimum atomic E-state index is -0.796. The molecule has 3 nitrogen and oxygen atoms in total. The summed E-state index contributed by atoms with van der Waals surface area (Å²) >= 11 is 0. The number of hydrogen-bond donors (Lipinski definition) is 1. The van der Waals surface area contributed by atoms with Gasteiger partial charge in [0.25, 0.3) is 0 Å². The normalized spacial score (nSPS) is 23.8. The Balaban J connectivity index is 2.19. The third kappa shape index (κ3) is 3.16. The molecule has 0 aliphatic carbocycles. The Morgan fingerprint density at radius 3 is 2.68 bits per heavy atom. The quantitative estimate of drug-likeness (QED) is 0.906. The van der Waals surface area contributed by atoms with Gasteiger partial charge in [-0.25, -0.2) is 0 Å². The first-order chi connectivity index (χ1) is 9.02. The number of rotatable bonds is 4. The van der Waals surface area contributed by atoms with E-state index in [9.17, 15) is 9.90 Å². The standard InChI is InChI=1S/C16H23NO2/c1-13-7-6-10-17(12-13)16(2,15(18)19)11-14-8-4-3-5-9-14/h3-5,8-9,13H,6-7,10-12H2,1-2H3,(H,18,19). The Bertz CT molecular complexity index is 432. The van der Waals surface area contributed by atoms with Crippen LogP contribution in [0.1, 0.15) is 32.3 Å². The van der Waals surface area contributed by atoms with E-state index in [2.05, 4.69) is 11.8 Å². The Labute approximate surface area is 115 Å². The first-order valence-electron chi connectivity index (χ1n) is 7.05. The van der Waals surface area contributed by atoms with E-state index in [0.717, 1.165) is 25.1 Å². The second-order valence-corrected chi connectivity index (χ2v) is 5.93. The van der Waals surface area contributed by atoms with Crippen LogP contribution in [-0.4, -0.2) is 34.6 Å². The summed E-state index contributed by atoms with van der Waals surface area (Å²) in [6, 6.07) is 9.92. The van der Waals surface area contributed by atoms with Crippen LogP contribution in [0.5, 0.6) is 0 Å². The summed E-state index contributed by atoms with van der Waals surface area (Å²) in [5, 5.41) is 9.69. The summed E-state index contributed by atoms with van der Waals surface area (Å²) < 4.78 is 0. The highest BCUT2D eigenvalue weighted by Crippen LogP contribution is 2.27. The number of carboxylic acid groups (broad SMARTS) is 1. The van der Waals surface area contributed by atoms with Gasteiger partial charge in [-0.1, -0.05) is 37.3 Å². The number of likely N-dealkylation sites (tertiary alicyclic amines) is 1. The molecule has 0 bridgehead atoms. The molecular weight excluding hydrogens is 238 g/mol. The van der Waals surface area contributed by atoms with E-state index in [0.29, 0.717) is 12.3 Å². The zero-order chi connectivity index (χ0) is 13.9. The van der Waals surface area contributed by atoms with Crippen LogP contribution in [0.3, 0.4) is 0 Å². The van der Waals surface area contributed by atoms with Crippen molar-refractivity contribution in [3.8, 4) is 0 Å². The largest absolute Gasteiger partial charge is 0.480 e. The smallest absolute Gasteiger partial charge is 0.324 e. The van der Waals surface area contributed by atoms with Crippen LogP contribution in [0.15, 0.2) is 30.3 Å². The lowest BCUT2D eigenvalue weighted by Gasteiger charge is -2.42. The summed E-state index contributed by atoms with van der Waals surface area (Å²) in [4.78, 5) is 13.9. The van der Waals surface area contributed by atoms with Gasteiger partial charge in [-0.15, -0.1) is 0 Å². The van der Waals surface area contributed by atoms with Crippen molar-refractivity contribution < 1.29 is 9.90 Å². The Hall–Kier alpha value is -1.35. The molecule has 104 valence electrons. The third-order valence-electron chi connectivity index (χ3n) is 4.21. The second-order valence-electron chi connectivity index (χ2n) is 5.93. The SMILES string of the molecule is CC1CCCN(C(C)(Cc2ccccc2)C(=O)O)C1. The molecule has 19 heavy (non-hydrogen) atoms. The highest BCUT2D eigenvalue weighted by molar-refractivity contribution is 5.78. The van der Waals surface area contributed by atoms with Gasteiger partial charge in [0, 0.05) is 13.0 Å². The molecule has 2 unspecified atom stereocenters. The summed E-state index contributed by atoms with van der Waals surface area (Å²) in [5.74, 6) is -0.131. The van der Waals surface area contributed by atoms with Gasteiger partial charge < -0.3 is 5.11 Å². The van der Waals surface area contributed by atoms with Gasteiger partial charge in [-0.2, -0.15) is 0 Å². The fourth-order valence-corrected chi connectivity index (χ4v) is 2.95. The zero-order valence-corrected chi connectivity index (χ0v) is 11.8. The van der Waals surface area contributed by atoms with Crippen molar-refractivity contribution in [2.45, 2.75) is 38.6 Å². The van der Waals surface area contributed by atoms with Crippen molar-refractivity contribution in [1.29, 1.82) is 0 Å². The van der Waals surface area contributed by atoms with Gasteiger partial charge in [0.2, 0.25) is 0 Å². The van der Waals surface area contributed by atoms with Crippen LogP contribution < -0.4 is 0 Å². The van der Waals surface area contributed by atoms with Gasteiger partial charge in [0.15, 0.2) is 0 Å². The fourth-order valence-electron chi connectivity index (χ4n) is 2.95. The van der Waals surface area contributed by atoms with Gasteiger partial charge in [0.05, 0.1) is 0 Å². The summed E-state index contributed by atoms with van der Waals surface area (Å²) in [6.45, 7) is 5.84. The van der Waals surface area contributed by atoms with Crippen molar-refractivity contribution in [3.63, 3.8) is 0 Å². The molecular formula is C16H23NO2. The predicted octanol–water partition coefficient (Wildman–Crippen LogP) is 2.80. The van der Waals surface area contributed by atoms with Gasteiger partial charge in [-0.3, -0.25) is 9.69 Å². The monoisotopic (exact) mass is 261 g/mol. The molecule has 0 radical (unpaired) electrons. The Kier molecular flexibility index (Phi) is 4.25. The summed E-state index contributed by atoms with van der Waals surface area (Å²) in [7, 11) is 0. The zero-order valence-electron chi connectivity index (χ0n) is 11.8. The average Bonchev–Trinajstić information content (AvgIpc) is 2.39. The van der Waals surface area contributed by atoms with Crippen LogP contribution in [0.4, 0.5) is 0 Å². The van der Waals surface area contributed by atoms with E-state index in [1.807, 2.05) is 37.3 Å². The van der Waals surface area contributed by atoms with Crippen molar-refractivity contribution in [1.82, 2.24) is 4.90 Å². The summed E-state index contributed by atoms with van der Waals surface area (Å²) in [6.07, 6.45) is 2.87. The van der Waals surface area contributed by atoms with Crippen LogP contribution >= 0.6 is 0 Å². The lowest BCUT2D eigenvalue weighted by Crippen LogP contribution is -2.56. The lowest BCUT2D eigenvalue weighted by atomic mass is 9.87. The molecule has 0 saturated carbocycles. The average molecular weight is 261 g/mol. The van der Waals surface area contributed by atoms with E-state index < -0.39 is 11.5 Å². The Morgan fingerprint density at radius 1 is 1.42 bits per heavy atom. The predicted molar refractivity (Wildman–Crippen MR) is 76.2 cm³/mol. The van der Waals surface area contributed by atoms with Crippen molar-refractivity contribution in [2.75, 3.05) is 13.1 Å². The molecule has 0 amide bonds. The molecule has 1 fully saturated rings. The molecule has 0 aromatic heterocycles. The van der Waals surface area contributed by atoms with Crippen LogP contribution in [0.25, 0.3) is 0 Å². The maximum Gasteiger partial charge on any atom is 0.324 e. The molecule has 1 N–H and O–H groups in total. The fraction of sp³-hybridized carbons (Fsp3) is 0.562. The molecule has 1 aromatic rings. The molecule has 0 spiro atoms. The van der Waals surface area contributed by atoms with Gasteiger partial charge in [-0.05, 0) is 37.8 Å². The molecule has 2 rings (SSSR count). The molecule has 3 heteroatoms. The number of piperidine rings is 1. The second kappa shape index (κ2) is 5.74. The van der Waals surface area contributed by atoms with Crippen LogP contribution in [-0.2, 0) is 11.2 Å². The number of hydrogen-bond acceptors (Lipinski definition) is 2. The van der Waals surface area contributed by atoms with Crippen LogP contribution in [0.2, 0.25) is 0 Å². The molecule has 1 heterocycles. The summed E-state index contributed by atoms with van der Waals surface area (Å²) in [5.41, 5.74) is 0.293. The molecule has 1 aliphatic heterocycles. The van der Waals surface area contributed by atoms with E-state index in [1.165, 1.54) is 6.42 Å². The Morgan fingerprint density at radius 2 is 2.11 bits per heavy atom. The van der Waals surface area contributed by atoms with E-state index >= 15 is 0 Å². The first-order valence-corrected chi connectivity index (χ1v) is 7.05. The van der Waals surface area contributed by atoms with Gasteiger partial charge >= 0.3 is 5.97 Å². The number of benzene rings is 1. The lowest BCUT2D eigenvalue weighted by molar-refractivity contribution is -0.151. The topological polar surface area (TPSA) is 40.5 Å². The number of aliphatic carboxylic acids is 1. The van der Waals surface area contributed by atoms with Crippen molar-refractivity contribution >= 4 is 5.97 Å². The maximum atomic E-state index is 11.8. The first kappa shape index (κ1) is 14.1. The maximum absolute atomic E-state index is 11.8. The highest BCUT2D eigenvalue weighted by Gasteiger charge is 2.41. The minimum absolute atomic E-state index is 0.565. The van der Waals surface area contributed by atoms with Crippen molar-refractivity contribution in [3.05, 3.63) is 35.9 Å². The number of carboxylic acids is 1.